The maximum Gasteiger partial charge on any atom is 0.241 e. The molecule has 0 unspecified atom stereocenters. The van der Waals surface area contributed by atoms with Crippen molar-refractivity contribution < 1.29 is 9.90 Å². The number of phenolic OH excluding ortho intramolecular Hbond substituents is 1. The first kappa shape index (κ1) is 20.5. The molecule has 0 aromatic heterocycles. The van der Waals surface area contributed by atoms with Gasteiger partial charge in [0.1, 0.15) is 5.75 Å². The van der Waals surface area contributed by atoms with Crippen molar-refractivity contribution in [2.45, 2.75) is 33.2 Å². The minimum absolute atomic E-state index is 0.0121. The molecule has 1 atom stereocenters. The van der Waals surface area contributed by atoms with E-state index in [0.29, 0.717) is 13.1 Å². The lowest BCUT2D eigenvalue weighted by atomic mass is 10.1. The number of hydrogen-bond donors (Lipinski definition) is 1. The first-order chi connectivity index (χ1) is 13.0. The maximum atomic E-state index is 13.0. The van der Waals surface area contributed by atoms with Gasteiger partial charge in [0.25, 0.3) is 0 Å². The Balaban J connectivity index is 2.18. The first-order valence-corrected chi connectivity index (χ1v) is 9.23. The van der Waals surface area contributed by atoms with E-state index >= 15 is 0 Å². The van der Waals surface area contributed by atoms with E-state index in [1.807, 2.05) is 57.2 Å². The number of carbonyl (C=O) groups is 1. The highest BCUT2D eigenvalue weighted by Gasteiger charge is 2.22. The number of carbonyl (C=O) groups excluding carboxylic acids is 1. The zero-order valence-electron chi connectivity index (χ0n) is 16.2. The molecule has 142 valence electrons. The highest BCUT2D eigenvalue weighted by atomic mass is 16.3. The third kappa shape index (κ3) is 5.57. The molecule has 0 heterocycles. The molecule has 5 heteroatoms. The Kier molecular flexibility index (Phi) is 7.39. The molecular weight excluding hydrogens is 338 g/mol. The lowest BCUT2D eigenvalue weighted by Gasteiger charge is -2.30. The van der Waals surface area contributed by atoms with Crippen LogP contribution in [-0.2, 0) is 4.79 Å². The number of amides is 1. The summed E-state index contributed by atoms with van der Waals surface area (Å²) in [7, 11) is 0. The molecule has 0 spiro atoms. The second kappa shape index (κ2) is 9.75. The van der Waals surface area contributed by atoms with Gasteiger partial charge in [-0.2, -0.15) is 5.26 Å². The summed E-state index contributed by atoms with van der Waals surface area (Å²) in [4.78, 5) is 16.8. The highest BCUT2D eigenvalue weighted by molar-refractivity contribution is 5.94. The van der Waals surface area contributed by atoms with Crippen LogP contribution in [0.1, 0.15) is 37.4 Å². The van der Waals surface area contributed by atoms with E-state index in [1.54, 1.807) is 17.0 Å². The predicted octanol–water partition coefficient (Wildman–Crippen LogP) is 4.03. The summed E-state index contributed by atoms with van der Waals surface area (Å²) in [6.45, 7) is 7.35. The van der Waals surface area contributed by atoms with E-state index < -0.39 is 0 Å². The molecule has 2 rings (SSSR count). The molecule has 0 aliphatic heterocycles. The SMILES string of the molecule is CCN(CC(=O)N(CCC#N)c1ccc(C)cc1)[C@H](C)c1cccc(O)c1. The number of hydrogen-bond acceptors (Lipinski definition) is 4. The Morgan fingerprint density at radius 1 is 1.22 bits per heavy atom. The standard InChI is InChI=1S/C22H27N3O2/c1-4-24(18(3)19-7-5-8-21(26)15-19)16-22(27)25(14-6-13-23)20-11-9-17(2)10-12-20/h5,7-12,15,18,26H,4,6,14,16H2,1-3H3/t18-/m1/s1. The third-order valence-electron chi connectivity index (χ3n) is 4.74. The number of rotatable bonds is 8. The highest BCUT2D eigenvalue weighted by Crippen LogP contribution is 2.24. The van der Waals surface area contributed by atoms with E-state index in [0.717, 1.165) is 16.8 Å². The molecule has 0 fully saturated rings. The van der Waals surface area contributed by atoms with Crippen molar-refractivity contribution in [2.24, 2.45) is 0 Å². The van der Waals surface area contributed by atoms with Crippen molar-refractivity contribution >= 4 is 11.6 Å². The molecule has 27 heavy (non-hydrogen) atoms. The molecule has 0 bridgehead atoms. The third-order valence-corrected chi connectivity index (χ3v) is 4.74. The minimum Gasteiger partial charge on any atom is -0.508 e. The Bertz CT molecular complexity index is 796. The van der Waals surface area contributed by atoms with Crippen LogP contribution < -0.4 is 4.90 Å². The molecule has 5 nitrogen and oxygen atoms in total. The zero-order chi connectivity index (χ0) is 19.8. The predicted molar refractivity (Wildman–Crippen MR) is 108 cm³/mol. The quantitative estimate of drug-likeness (QED) is 0.767. The van der Waals surface area contributed by atoms with Crippen LogP contribution in [0, 0.1) is 18.3 Å². The Labute approximate surface area is 161 Å². The fourth-order valence-electron chi connectivity index (χ4n) is 3.06. The van der Waals surface area contributed by atoms with Crippen LogP contribution in [-0.4, -0.2) is 35.5 Å². The van der Waals surface area contributed by atoms with Crippen molar-refractivity contribution in [3.63, 3.8) is 0 Å². The molecular formula is C22H27N3O2. The number of aryl methyl sites for hydroxylation is 1. The summed E-state index contributed by atoms with van der Waals surface area (Å²) in [6.07, 6.45) is 0.286. The van der Waals surface area contributed by atoms with Crippen LogP contribution in [0.4, 0.5) is 5.69 Å². The average Bonchev–Trinajstić information content (AvgIpc) is 2.67. The molecule has 1 amide bonds. The summed E-state index contributed by atoms with van der Waals surface area (Å²) in [6, 6.07) is 17.0. The summed E-state index contributed by atoms with van der Waals surface area (Å²) in [5, 5.41) is 18.7. The van der Waals surface area contributed by atoms with Crippen molar-refractivity contribution in [1.82, 2.24) is 4.90 Å². The Hall–Kier alpha value is -2.84. The topological polar surface area (TPSA) is 67.6 Å². The van der Waals surface area contributed by atoms with E-state index in [4.69, 9.17) is 5.26 Å². The summed E-state index contributed by atoms with van der Waals surface area (Å²) in [5.41, 5.74) is 2.89. The fraction of sp³-hybridized carbons (Fsp3) is 0.364. The summed E-state index contributed by atoms with van der Waals surface area (Å²) < 4.78 is 0. The smallest absolute Gasteiger partial charge is 0.241 e. The number of phenols is 1. The van der Waals surface area contributed by atoms with Gasteiger partial charge in [0.05, 0.1) is 19.0 Å². The van der Waals surface area contributed by atoms with Gasteiger partial charge in [-0.15, -0.1) is 0 Å². The number of nitrogens with zero attached hydrogens (tertiary/aromatic N) is 3. The Morgan fingerprint density at radius 2 is 1.93 bits per heavy atom. The lowest BCUT2D eigenvalue weighted by molar-refractivity contribution is -0.120. The summed E-state index contributed by atoms with van der Waals surface area (Å²) >= 11 is 0. The van der Waals surface area contributed by atoms with Crippen molar-refractivity contribution in [3.8, 4) is 11.8 Å². The molecule has 2 aromatic carbocycles. The van der Waals surface area contributed by atoms with Crippen LogP contribution in [0.15, 0.2) is 48.5 Å². The molecule has 2 aromatic rings. The van der Waals surface area contributed by atoms with Gasteiger partial charge >= 0.3 is 0 Å². The van der Waals surface area contributed by atoms with E-state index in [-0.39, 0.29) is 30.7 Å². The number of anilines is 1. The Morgan fingerprint density at radius 3 is 2.52 bits per heavy atom. The number of nitriles is 1. The van der Waals surface area contributed by atoms with Gasteiger partial charge in [-0.05, 0) is 50.2 Å². The molecule has 0 aliphatic rings. The average molecular weight is 365 g/mol. The lowest BCUT2D eigenvalue weighted by Crippen LogP contribution is -2.41. The maximum absolute atomic E-state index is 13.0. The molecule has 0 saturated carbocycles. The van der Waals surface area contributed by atoms with E-state index in [1.165, 1.54) is 0 Å². The molecule has 1 N–H and O–H groups in total. The van der Waals surface area contributed by atoms with E-state index in [2.05, 4.69) is 11.0 Å². The van der Waals surface area contributed by atoms with Crippen LogP contribution in [0.3, 0.4) is 0 Å². The number of benzene rings is 2. The molecule has 0 saturated heterocycles. The second-order valence-electron chi connectivity index (χ2n) is 6.62. The van der Waals surface area contributed by atoms with Gasteiger partial charge in [-0.1, -0.05) is 36.8 Å². The molecule has 0 aliphatic carbocycles. The van der Waals surface area contributed by atoms with Crippen LogP contribution in [0.2, 0.25) is 0 Å². The van der Waals surface area contributed by atoms with Gasteiger partial charge in [0.2, 0.25) is 5.91 Å². The summed E-state index contributed by atoms with van der Waals surface area (Å²) in [5.74, 6) is 0.181. The second-order valence-corrected chi connectivity index (χ2v) is 6.62. The monoisotopic (exact) mass is 365 g/mol. The normalized spacial score (nSPS) is 11.8. The van der Waals surface area contributed by atoms with Gasteiger partial charge in [0.15, 0.2) is 0 Å². The van der Waals surface area contributed by atoms with Crippen molar-refractivity contribution in [3.05, 3.63) is 59.7 Å². The van der Waals surface area contributed by atoms with Crippen molar-refractivity contribution in [1.29, 1.82) is 5.26 Å². The van der Waals surface area contributed by atoms with Crippen LogP contribution in [0.5, 0.6) is 5.75 Å². The number of likely N-dealkylation sites (N-methyl/N-ethyl adjacent to an activating group) is 1. The fourth-order valence-corrected chi connectivity index (χ4v) is 3.06. The van der Waals surface area contributed by atoms with Crippen LogP contribution >= 0.6 is 0 Å². The first-order valence-electron chi connectivity index (χ1n) is 9.23. The minimum atomic E-state index is -0.0389. The zero-order valence-corrected chi connectivity index (χ0v) is 16.2. The van der Waals surface area contributed by atoms with Crippen LogP contribution in [0.25, 0.3) is 0 Å². The van der Waals surface area contributed by atoms with Gasteiger partial charge in [-0.3, -0.25) is 9.69 Å². The number of aromatic hydroxyl groups is 1. The van der Waals surface area contributed by atoms with E-state index in [9.17, 15) is 9.90 Å². The van der Waals surface area contributed by atoms with Gasteiger partial charge in [-0.25, -0.2) is 0 Å². The largest absolute Gasteiger partial charge is 0.508 e. The molecule has 0 radical (unpaired) electrons. The van der Waals surface area contributed by atoms with Gasteiger partial charge in [0, 0.05) is 18.3 Å². The van der Waals surface area contributed by atoms with Gasteiger partial charge < -0.3 is 10.0 Å². The van der Waals surface area contributed by atoms with Crippen molar-refractivity contribution in [2.75, 3.05) is 24.5 Å².